The van der Waals surface area contributed by atoms with Crippen LogP contribution >= 0.6 is 23.8 Å². The monoisotopic (exact) mass is 308 g/mol. The first-order chi connectivity index (χ1) is 9.67. The summed E-state index contributed by atoms with van der Waals surface area (Å²) < 4.78 is 1.86. The van der Waals surface area contributed by atoms with Gasteiger partial charge in [-0.15, -0.1) is 0 Å². The van der Waals surface area contributed by atoms with Gasteiger partial charge in [-0.1, -0.05) is 30.7 Å². The second kappa shape index (κ2) is 7.26. The van der Waals surface area contributed by atoms with Gasteiger partial charge in [0.05, 0.1) is 18.4 Å². The maximum absolute atomic E-state index is 5.86. The van der Waals surface area contributed by atoms with Crippen molar-refractivity contribution >= 4 is 34.6 Å². The summed E-state index contributed by atoms with van der Waals surface area (Å²) in [5.41, 5.74) is 2.03. The SMILES string of the molecule is CCCNC(=S)Nc1cnn(Cc2ccc(Cl)cc2)c1. The minimum absolute atomic E-state index is 0.623. The summed E-state index contributed by atoms with van der Waals surface area (Å²) in [5, 5.41) is 11.9. The Labute approximate surface area is 129 Å². The highest BCUT2D eigenvalue weighted by molar-refractivity contribution is 7.80. The Kier molecular flexibility index (Phi) is 5.38. The fourth-order valence-corrected chi connectivity index (χ4v) is 2.05. The number of hydrogen-bond acceptors (Lipinski definition) is 2. The first-order valence-electron chi connectivity index (χ1n) is 6.49. The van der Waals surface area contributed by atoms with Gasteiger partial charge >= 0.3 is 0 Å². The summed E-state index contributed by atoms with van der Waals surface area (Å²) in [6, 6.07) is 7.74. The molecular weight excluding hydrogens is 292 g/mol. The highest BCUT2D eigenvalue weighted by Crippen LogP contribution is 2.12. The Balaban J connectivity index is 1.91. The van der Waals surface area contributed by atoms with Crippen molar-refractivity contribution in [1.29, 1.82) is 0 Å². The van der Waals surface area contributed by atoms with E-state index in [0.717, 1.165) is 29.2 Å². The van der Waals surface area contributed by atoms with Gasteiger partial charge in [0.25, 0.3) is 0 Å². The fourth-order valence-electron chi connectivity index (χ4n) is 1.71. The largest absolute Gasteiger partial charge is 0.362 e. The first kappa shape index (κ1) is 14.8. The third-order valence-electron chi connectivity index (χ3n) is 2.68. The smallest absolute Gasteiger partial charge is 0.170 e. The molecular formula is C14H17ClN4S. The van der Waals surface area contributed by atoms with Gasteiger partial charge in [0.1, 0.15) is 0 Å². The Morgan fingerprint density at radius 2 is 2.10 bits per heavy atom. The lowest BCUT2D eigenvalue weighted by atomic mass is 10.2. The zero-order valence-corrected chi connectivity index (χ0v) is 12.8. The molecule has 1 aromatic carbocycles. The third kappa shape index (κ3) is 4.51. The van der Waals surface area contributed by atoms with Gasteiger partial charge in [0.15, 0.2) is 5.11 Å². The summed E-state index contributed by atoms with van der Waals surface area (Å²) >= 11 is 11.0. The molecule has 1 aromatic heterocycles. The van der Waals surface area contributed by atoms with Crippen molar-refractivity contribution in [3.8, 4) is 0 Å². The number of nitrogens with one attached hydrogen (secondary N) is 2. The molecule has 0 saturated carbocycles. The molecule has 0 aliphatic rings. The van der Waals surface area contributed by atoms with E-state index in [9.17, 15) is 0 Å². The molecule has 2 rings (SSSR count). The Morgan fingerprint density at radius 3 is 2.80 bits per heavy atom. The van der Waals surface area contributed by atoms with Crippen molar-refractivity contribution in [2.24, 2.45) is 0 Å². The molecule has 0 unspecified atom stereocenters. The van der Waals surface area contributed by atoms with E-state index >= 15 is 0 Å². The fraction of sp³-hybridized carbons (Fsp3) is 0.286. The molecule has 2 aromatic rings. The summed E-state index contributed by atoms with van der Waals surface area (Å²) in [5.74, 6) is 0. The Bertz CT molecular complexity index is 565. The number of benzene rings is 1. The van der Waals surface area contributed by atoms with E-state index in [-0.39, 0.29) is 0 Å². The van der Waals surface area contributed by atoms with Crippen LogP contribution in [0.15, 0.2) is 36.7 Å². The second-order valence-electron chi connectivity index (χ2n) is 4.43. The second-order valence-corrected chi connectivity index (χ2v) is 5.28. The molecule has 0 bridgehead atoms. The van der Waals surface area contributed by atoms with E-state index in [2.05, 4.69) is 22.7 Å². The first-order valence-corrected chi connectivity index (χ1v) is 7.27. The van der Waals surface area contributed by atoms with Gasteiger partial charge in [-0.3, -0.25) is 4.68 Å². The molecule has 0 aliphatic carbocycles. The molecule has 2 N–H and O–H groups in total. The van der Waals surface area contributed by atoms with Gasteiger partial charge in [0.2, 0.25) is 0 Å². The predicted molar refractivity (Wildman–Crippen MR) is 87.3 cm³/mol. The minimum Gasteiger partial charge on any atom is -0.362 e. The molecule has 4 nitrogen and oxygen atoms in total. The van der Waals surface area contributed by atoms with Gasteiger partial charge < -0.3 is 10.6 Å². The predicted octanol–water partition coefficient (Wildman–Crippen LogP) is 3.28. The van der Waals surface area contributed by atoms with Gasteiger partial charge in [-0.2, -0.15) is 5.10 Å². The lowest BCUT2D eigenvalue weighted by Crippen LogP contribution is -2.28. The molecule has 6 heteroatoms. The van der Waals surface area contributed by atoms with Crippen LogP contribution in [0.25, 0.3) is 0 Å². The van der Waals surface area contributed by atoms with Gasteiger partial charge in [-0.25, -0.2) is 0 Å². The molecule has 20 heavy (non-hydrogen) atoms. The highest BCUT2D eigenvalue weighted by Gasteiger charge is 2.01. The van der Waals surface area contributed by atoms with E-state index in [1.54, 1.807) is 6.20 Å². The van der Waals surface area contributed by atoms with Crippen molar-refractivity contribution in [2.75, 3.05) is 11.9 Å². The van der Waals surface area contributed by atoms with E-state index in [0.29, 0.717) is 11.7 Å². The van der Waals surface area contributed by atoms with Crippen LogP contribution in [-0.4, -0.2) is 21.4 Å². The van der Waals surface area contributed by atoms with Crippen LogP contribution < -0.4 is 10.6 Å². The van der Waals surface area contributed by atoms with Crippen LogP contribution in [0.2, 0.25) is 5.02 Å². The maximum atomic E-state index is 5.86. The number of halogens is 1. The highest BCUT2D eigenvalue weighted by atomic mass is 35.5. The number of rotatable bonds is 5. The molecule has 106 valence electrons. The van der Waals surface area contributed by atoms with Gasteiger partial charge in [0, 0.05) is 17.8 Å². The topological polar surface area (TPSA) is 41.9 Å². The lowest BCUT2D eigenvalue weighted by molar-refractivity contribution is 0.687. The van der Waals surface area contributed by atoms with E-state index < -0.39 is 0 Å². The third-order valence-corrected chi connectivity index (χ3v) is 3.18. The number of nitrogens with zero attached hydrogens (tertiary/aromatic N) is 2. The lowest BCUT2D eigenvalue weighted by Gasteiger charge is -2.07. The molecule has 0 radical (unpaired) electrons. The van der Waals surface area contributed by atoms with E-state index in [4.69, 9.17) is 23.8 Å². The maximum Gasteiger partial charge on any atom is 0.170 e. The van der Waals surface area contributed by atoms with Gasteiger partial charge in [-0.05, 0) is 36.3 Å². The zero-order chi connectivity index (χ0) is 14.4. The van der Waals surface area contributed by atoms with E-state index in [1.165, 1.54) is 0 Å². The van der Waals surface area contributed by atoms with Crippen molar-refractivity contribution in [2.45, 2.75) is 19.9 Å². The molecule has 0 saturated heterocycles. The zero-order valence-electron chi connectivity index (χ0n) is 11.3. The average molecular weight is 309 g/mol. The van der Waals surface area contributed by atoms with Crippen molar-refractivity contribution in [3.05, 3.63) is 47.2 Å². The number of thiocarbonyl (C=S) groups is 1. The van der Waals surface area contributed by atoms with E-state index in [1.807, 2.05) is 35.1 Å². The number of aromatic nitrogens is 2. The van der Waals surface area contributed by atoms with Crippen molar-refractivity contribution < 1.29 is 0 Å². The van der Waals surface area contributed by atoms with Crippen molar-refractivity contribution in [1.82, 2.24) is 15.1 Å². The molecule has 0 aliphatic heterocycles. The molecule has 0 spiro atoms. The van der Waals surface area contributed by atoms with Crippen LogP contribution in [0.4, 0.5) is 5.69 Å². The van der Waals surface area contributed by atoms with Crippen LogP contribution in [0.3, 0.4) is 0 Å². The summed E-state index contributed by atoms with van der Waals surface area (Å²) in [7, 11) is 0. The minimum atomic E-state index is 0.623. The van der Waals surface area contributed by atoms with Crippen molar-refractivity contribution in [3.63, 3.8) is 0 Å². The van der Waals surface area contributed by atoms with Crippen LogP contribution in [0, 0.1) is 0 Å². The normalized spacial score (nSPS) is 10.3. The summed E-state index contributed by atoms with van der Waals surface area (Å²) in [6.07, 6.45) is 4.72. The number of hydrogen-bond donors (Lipinski definition) is 2. The standard InChI is InChI=1S/C14H17ClN4S/c1-2-7-16-14(20)18-13-8-17-19(10-13)9-11-3-5-12(15)6-4-11/h3-6,8,10H,2,7,9H2,1H3,(H2,16,18,20). The van der Waals surface area contributed by atoms with Crippen LogP contribution in [-0.2, 0) is 6.54 Å². The molecule has 0 fully saturated rings. The summed E-state index contributed by atoms with van der Waals surface area (Å²) in [4.78, 5) is 0. The Hall–Kier alpha value is -1.59. The number of anilines is 1. The Morgan fingerprint density at radius 1 is 1.35 bits per heavy atom. The molecule has 0 atom stereocenters. The summed E-state index contributed by atoms with van der Waals surface area (Å²) in [6.45, 7) is 3.67. The quantitative estimate of drug-likeness (QED) is 0.832. The molecule has 0 amide bonds. The molecule has 1 heterocycles. The average Bonchev–Trinajstić information content (AvgIpc) is 2.86. The van der Waals surface area contributed by atoms with Crippen LogP contribution in [0.5, 0.6) is 0 Å². The van der Waals surface area contributed by atoms with Crippen LogP contribution in [0.1, 0.15) is 18.9 Å².